The van der Waals surface area contributed by atoms with E-state index in [-0.39, 0.29) is 5.41 Å². The summed E-state index contributed by atoms with van der Waals surface area (Å²) in [5.41, 5.74) is 3.58. The molecule has 2 heterocycles. The Morgan fingerprint density at radius 2 is 1.50 bits per heavy atom. The zero-order valence-corrected chi connectivity index (χ0v) is 9.94. The predicted molar refractivity (Wildman–Crippen MR) is 66.2 cm³/mol. The molecule has 0 amide bonds. The summed E-state index contributed by atoms with van der Waals surface area (Å²) >= 11 is 0. The van der Waals surface area contributed by atoms with E-state index in [1.165, 1.54) is 11.1 Å². The van der Waals surface area contributed by atoms with Gasteiger partial charge in [-0.25, -0.2) is 0 Å². The van der Waals surface area contributed by atoms with Crippen LogP contribution in [0.15, 0.2) is 42.9 Å². The number of rotatable bonds is 1. The fraction of sp³-hybridized carbons (Fsp3) is 0.286. The van der Waals surface area contributed by atoms with Crippen molar-refractivity contribution in [2.45, 2.75) is 26.2 Å². The van der Waals surface area contributed by atoms with Gasteiger partial charge in [0.2, 0.25) is 0 Å². The molecule has 82 valence electrons. The van der Waals surface area contributed by atoms with Crippen LogP contribution in [0.1, 0.15) is 26.5 Å². The molecular formula is C14H16N2. The SMILES string of the molecule is CC(C)(C)c1cc(-c2ccncc2)ccn1. The van der Waals surface area contributed by atoms with Gasteiger partial charge in [0, 0.05) is 29.7 Å². The first-order valence-corrected chi connectivity index (χ1v) is 5.44. The molecule has 16 heavy (non-hydrogen) atoms. The third-order valence-corrected chi connectivity index (χ3v) is 2.54. The van der Waals surface area contributed by atoms with E-state index in [2.05, 4.69) is 36.8 Å². The van der Waals surface area contributed by atoms with Gasteiger partial charge in [0.25, 0.3) is 0 Å². The Kier molecular flexibility index (Phi) is 2.73. The maximum atomic E-state index is 4.42. The Labute approximate surface area is 96.4 Å². The van der Waals surface area contributed by atoms with Gasteiger partial charge in [-0.05, 0) is 35.4 Å². The standard InChI is InChI=1S/C14H16N2/c1-14(2,3)13-10-12(6-9-16-13)11-4-7-15-8-5-11/h4-10H,1-3H3. The van der Waals surface area contributed by atoms with E-state index >= 15 is 0 Å². The average molecular weight is 212 g/mol. The highest BCUT2D eigenvalue weighted by molar-refractivity contribution is 5.62. The Morgan fingerprint density at radius 1 is 0.875 bits per heavy atom. The molecule has 0 fully saturated rings. The molecule has 0 aliphatic heterocycles. The van der Waals surface area contributed by atoms with Crippen LogP contribution in [-0.2, 0) is 5.41 Å². The molecule has 0 saturated heterocycles. The fourth-order valence-electron chi connectivity index (χ4n) is 1.56. The molecular weight excluding hydrogens is 196 g/mol. The van der Waals surface area contributed by atoms with Crippen molar-refractivity contribution >= 4 is 0 Å². The van der Waals surface area contributed by atoms with Gasteiger partial charge in [0.1, 0.15) is 0 Å². The zero-order valence-electron chi connectivity index (χ0n) is 9.94. The summed E-state index contributed by atoms with van der Waals surface area (Å²) in [6.45, 7) is 6.52. The second-order valence-electron chi connectivity index (χ2n) is 4.92. The van der Waals surface area contributed by atoms with Gasteiger partial charge in [0.05, 0.1) is 0 Å². The molecule has 0 N–H and O–H groups in total. The predicted octanol–water partition coefficient (Wildman–Crippen LogP) is 3.44. The summed E-state index contributed by atoms with van der Waals surface area (Å²) in [6.07, 6.45) is 5.50. The van der Waals surface area contributed by atoms with Crippen LogP contribution in [0.2, 0.25) is 0 Å². The van der Waals surface area contributed by atoms with E-state index < -0.39 is 0 Å². The highest BCUT2D eigenvalue weighted by atomic mass is 14.7. The van der Waals surface area contributed by atoms with Crippen LogP contribution in [0.5, 0.6) is 0 Å². The molecule has 0 saturated carbocycles. The Balaban J connectivity index is 2.45. The number of hydrogen-bond donors (Lipinski definition) is 0. The van der Waals surface area contributed by atoms with E-state index in [9.17, 15) is 0 Å². The lowest BCUT2D eigenvalue weighted by molar-refractivity contribution is 0.569. The highest BCUT2D eigenvalue weighted by Gasteiger charge is 2.15. The second kappa shape index (κ2) is 4.05. The molecule has 0 unspecified atom stereocenters. The van der Waals surface area contributed by atoms with Crippen molar-refractivity contribution in [1.29, 1.82) is 0 Å². The van der Waals surface area contributed by atoms with Crippen LogP contribution in [-0.4, -0.2) is 9.97 Å². The van der Waals surface area contributed by atoms with Crippen molar-refractivity contribution in [2.75, 3.05) is 0 Å². The first-order chi connectivity index (χ1) is 7.57. The normalized spacial score (nSPS) is 11.4. The fourth-order valence-corrected chi connectivity index (χ4v) is 1.56. The first-order valence-electron chi connectivity index (χ1n) is 5.44. The maximum absolute atomic E-state index is 4.42. The molecule has 2 aromatic heterocycles. The van der Waals surface area contributed by atoms with E-state index in [1.54, 1.807) is 0 Å². The van der Waals surface area contributed by atoms with Crippen molar-refractivity contribution in [3.05, 3.63) is 48.5 Å². The molecule has 0 radical (unpaired) electrons. The van der Waals surface area contributed by atoms with Crippen LogP contribution in [0, 0.1) is 0 Å². The van der Waals surface area contributed by atoms with E-state index in [0.29, 0.717) is 0 Å². The quantitative estimate of drug-likeness (QED) is 0.723. The minimum absolute atomic E-state index is 0.0863. The first kappa shape index (κ1) is 10.8. The van der Waals surface area contributed by atoms with Crippen LogP contribution in [0.3, 0.4) is 0 Å². The van der Waals surface area contributed by atoms with E-state index in [4.69, 9.17) is 0 Å². The molecule has 0 spiro atoms. The molecule has 0 aliphatic carbocycles. The Hall–Kier alpha value is -1.70. The molecule has 2 nitrogen and oxygen atoms in total. The van der Waals surface area contributed by atoms with Crippen molar-refractivity contribution < 1.29 is 0 Å². The maximum Gasteiger partial charge on any atom is 0.0463 e. The Morgan fingerprint density at radius 3 is 2.12 bits per heavy atom. The smallest absolute Gasteiger partial charge is 0.0463 e. The highest BCUT2D eigenvalue weighted by Crippen LogP contribution is 2.25. The van der Waals surface area contributed by atoms with Gasteiger partial charge in [-0.2, -0.15) is 0 Å². The lowest BCUT2D eigenvalue weighted by atomic mass is 9.90. The number of aromatic nitrogens is 2. The number of pyridine rings is 2. The zero-order chi connectivity index (χ0) is 11.6. The summed E-state index contributed by atoms with van der Waals surface area (Å²) in [7, 11) is 0. The molecule has 2 rings (SSSR count). The average Bonchev–Trinajstić information content (AvgIpc) is 2.29. The summed E-state index contributed by atoms with van der Waals surface area (Å²) in [5.74, 6) is 0. The largest absolute Gasteiger partial charge is 0.265 e. The number of hydrogen-bond acceptors (Lipinski definition) is 2. The summed E-state index contributed by atoms with van der Waals surface area (Å²) in [6, 6.07) is 8.21. The van der Waals surface area contributed by atoms with E-state index in [0.717, 1.165) is 5.69 Å². The van der Waals surface area contributed by atoms with Gasteiger partial charge < -0.3 is 0 Å². The van der Waals surface area contributed by atoms with Gasteiger partial charge in [0.15, 0.2) is 0 Å². The van der Waals surface area contributed by atoms with Crippen molar-refractivity contribution in [1.82, 2.24) is 9.97 Å². The molecule has 0 atom stereocenters. The molecule has 0 aliphatic rings. The Bertz CT molecular complexity index is 470. The lowest BCUT2D eigenvalue weighted by Gasteiger charge is -2.18. The minimum atomic E-state index is 0.0863. The van der Waals surface area contributed by atoms with Crippen molar-refractivity contribution in [3.8, 4) is 11.1 Å². The van der Waals surface area contributed by atoms with Gasteiger partial charge in [-0.15, -0.1) is 0 Å². The number of nitrogens with zero attached hydrogens (tertiary/aromatic N) is 2. The molecule has 0 aromatic carbocycles. The topological polar surface area (TPSA) is 25.8 Å². The van der Waals surface area contributed by atoms with Crippen LogP contribution < -0.4 is 0 Å². The van der Waals surface area contributed by atoms with Crippen LogP contribution >= 0.6 is 0 Å². The van der Waals surface area contributed by atoms with Gasteiger partial charge in [-0.3, -0.25) is 9.97 Å². The summed E-state index contributed by atoms with van der Waals surface area (Å²) in [4.78, 5) is 8.45. The summed E-state index contributed by atoms with van der Waals surface area (Å²) < 4.78 is 0. The van der Waals surface area contributed by atoms with Crippen LogP contribution in [0.25, 0.3) is 11.1 Å². The summed E-state index contributed by atoms with van der Waals surface area (Å²) in [5, 5.41) is 0. The van der Waals surface area contributed by atoms with Crippen molar-refractivity contribution in [2.24, 2.45) is 0 Å². The minimum Gasteiger partial charge on any atom is -0.265 e. The van der Waals surface area contributed by atoms with Gasteiger partial charge in [-0.1, -0.05) is 20.8 Å². The monoisotopic (exact) mass is 212 g/mol. The molecule has 2 aromatic rings. The molecule has 0 bridgehead atoms. The third-order valence-electron chi connectivity index (χ3n) is 2.54. The molecule has 2 heteroatoms. The lowest BCUT2D eigenvalue weighted by Crippen LogP contribution is -2.13. The van der Waals surface area contributed by atoms with Crippen LogP contribution in [0.4, 0.5) is 0 Å². The van der Waals surface area contributed by atoms with Crippen molar-refractivity contribution in [3.63, 3.8) is 0 Å². The van der Waals surface area contributed by atoms with E-state index in [1.807, 2.05) is 36.8 Å². The van der Waals surface area contributed by atoms with Gasteiger partial charge >= 0.3 is 0 Å². The second-order valence-corrected chi connectivity index (χ2v) is 4.92. The third kappa shape index (κ3) is 2.27.